The Morgan fingerprint density at radius 3 is 2.53 bits per heavy atom. The number of nitrogens with zero attached hydrogens (tertiary/aromatic N) is 1. The van der Waals surface area contributed by atoms with Crippen molar-refractivity contribution in [1.82, 2.24) is 10.7 Å². The molecule has 0 amide bonds. The van der Waals surface area contributed by atoms with Gasteiger partial charge < -0.3 is 10.1 Å². The van der Waals surface area contributed by atoms with Crippen molar-refractivity contribution in [2.45, 2.75) is 13.3 Å². The zero-order valence-corrected chi connectivity index (χ0v) is 11.1. The molecule has 4 nitrogen and oxygen atoms in total. The Morgan fingerprint density at radius 1 is 1.35 bits per heavy atom. The molecule has 0 aliphatic carbocycles. The summed E-state index contributed by atoms with van der Waals surface area (Å²) in [6.07, 6.45) is 0.781. The summed E-state index contributed by atoms with van der Waals surface area (Å²) in [6, 6.07) is 7.92. The van der Waals surface area contributed by atoms with Crippen molar-refractivity contribution in [2.24, 2.45) is 5.10 Å². The lowest BCUT2D eigenvalue weighted by atomic mass is 10.1. The largest absolute Gasteiger partial charge is 0.497 e. The first-order valence-electron chi connectivity index (χ1n) is 5.29. The molecular weight excluding hydrogens is 234 g/mol. The molecule has 17 heavy (non-hydrogen) atoms. The number of hydrogen-bond acceptors (Lipinski definition) is 3. The van der Waals surface area contributed by atoms with Crippen molar-refractivity contribution in [1.29, 1.82) is 0 Å². The van der Waals surface area contributed by atoms with Gasteiger partial charge in [-0.05, 0) is 36.8 Å². The van der Waals surface area contributed by atoms with Crippen LogP contribution in [0.2, 0.25) is 0 Å². The highest BCUT2D eigenvalue weighted by Gasteiger charge is 1.97. The number of nitrogens with one attached hydrogen (secondary N) is 2. The van der Waals surface area contributed by atoms with Gasteiger partial charge in [0.2, 0.25) is 0 Å². The Morgan fingerprint density at radius 2 is 2.00 bits per heavy atom. The minimum absolute atomic E-state index is 0.513. The second kappa shape index (κ2) is 6.85. The molecule has 0 unspecified atom stereocenters. The van der Waals surface area contributed by atoms with Crippen LogP contribution in [0.1, 0.15) is 12.5 Å². The van der Waals surface area contributed by atoms with Gasteiger partial charge in [0.25, 0.3) is 0 Å². The topological polar surface area (TPSA) is 45.7 Å². The van der Waals surface area contributed by atoms with E-state index < -0.39 is 0 Å². The van der Waals surface area contributed by atoms with Gasteiger partial charge in [0.15, 0.2) is 5.11 Å². The van der Waals surface area contributed by atoms with Crippen LogP contribution in [0.25, 0.3) is 0 Å². The first-order chi connectivity index (χ1) is 8.15. The minimum Gasteiger partial charge on any atom is -0.497 e. The fraction of sp³-hybridized carbons (Fsp3) is 0.333. The monoisotopic (exact) mass is 251 g/mol. The number of hydrazone groups is 1. The first-order valence-corrected chi connectivity index (χ1v) is 5.70. The third kappa shape index (κ3) is 4.82. The van der Waals surface area contributed by atoms with Crippen LogP contribution in [0.15, 0.2) is 29.4 Å². The Bertz CT molecular complexity index is 401. The summed E-state index contributed by atoms with van der Waals surface area (Å²) in [5.74, 6) is 0.859. The maximum atomic E-state index is 5.10. The fourth-order valence-electron chi connectivity index (χ4n) is 1.28. The van der Waals surface area contributed by atoms with Crippen molar-refractivity contribution in [2.75, 3.05) is 14.2 Å². The van der Waals surface area contributed by atoms with Gasteiger partial charge in [-0.1, -0.05) is 12.1 Å². The molecule has 5 heteroatoms. The van der Waals surface area contributed by atoms with E-state index in [4.69, 9.17) is 17.0 Å². The molecule has 0 bridgehead atoms. The van der Waals surface area contributed by atoms with Crippen molar-refractivity contribution in [3.63, 3.8) is 0 Å². The summed E-state index contributed by atoms with van der Waals surface area (Å²) >= 11 is 4.93. The van der Waals surface area contributed by atoms with Crippen LogP contribution in [0, 0.1) is 0 Å². The van der Waals surface area contributed by atoms with Gasteiger partial charge in [-0.2, -0.15) is 5.10 Å². The summed E-state index contributed by atoms with van der Waals surface area (Å²) in [4.78, 5) is 0. The number of hydrogen-bond donors (Lipinski definition) is 2. The molecule has 0 radical (unpaired) electrons. The third-order valence-electron chi connectivity index (χ3n) is 2.19. The maximum absolute atomic E-state index is 5.10. The SMILES string of the molecule is CNC(=S)NN=C(C)Cc1ccc(OC)cc1. The molecule has 0 saturated heterocycles. The molecule has 0 spiro atoms. The van der Waals surface area contributed by atoms with Crippen LogP contribution in [0.5, 0.6) is 5.75 Å². The van der Waals surface area contributed by atoms with Crippen molar-refractivity contribution in [3.05, 3.63) is 29.8 Å². The molecular formula is C12H17N3OS. The van der Waals surface area contributed by atoms with Crippen LogP contribution in [-0.4, -0.2) is 25.0 Å². The summed E-state index contributed by atoms with van der Waals surface area (Å²) < 4.78 is 5.10. The zero-order chi connectivity index (χ0) is 12.7. The highest BCUT2D eigenvalue weighted by atomic mass is 32.1. The average Bonchev–Trinajstić information content (AvgIpc) is 2.36. The first kappa shape index (κ1) is 13.4. The molecule has 2 N–H and O–H groups in total. The Hall–Kier alpha value is -1.62. The second-order valence-corrected chi connectivity index (χ2v) is 3.97. The normalized spacial score (nSPS) is 10.9. The molecule has 0 fully saturated rings. The third-order valence-corrected chi connectivity index (χ3v) is 2.49. The molecule has 0 atom stereocenters. The van der Waals surface area contributed by atoms with Crippen molar-refractivity contribution in [3.8, 4) is 5.75 Å². The molecule has 0 saturated carbocycles. The van der Waals surface area contributed by atoms with E-state index in [1.165, 1.54) is 5.56 Å². The van der Waals surface area contributed by atoms with Gasteiger partial charge in [0, 0.05) is 19.2 Å². The lowest BCUT2D eigenvalue weighted by Crippen LogP contribution is -2.29. The molecule has 1 aromatic rings. The predicted octanol–water partition coefficient (Wildman–Crippen LogP) is 1.71. The van der Waals surface area contributed by atoms with Gasteiger partial charge in [0.05, 0.1) is 7.11 Å². The maximum Gasteiger partial charge on any atom is 0.186 e. The average molecular weight is 251 g/mol. The Balaban J connectivity index is 2.54. The molecule has 92 valence electrons. The van der Waals surface area contributed by atoms with Gasteiger partial charge >= 0.3 is 0 Å². The number of thiocarbonyl (C=S) groups is 1. The van der Waals surface area contributed by atoms with Gasteiger partial charge in [-0.15, -0.1) is 0 Å². The Labute approximate surface area is 107 Å². The molecule has 1 rings (SSSR count). The van der Waals surface area contributed by atoms with E-state index in [1.807, 2.05) is 31.2 Å². The van der Waals surface area contributed by atoms with Crippen LogP contribution < -0.4 is 15.5 Å². The van der Waals surface area contributed by atoms with Crippen LogP contribution in [-0.2, 0) is 6.42 Å². The van der Waals surface area contributed by atoms with E-state index >= 15 is 0 Å². The molecule has 1 aromatic carbocycles. The predicted molar refractivity (Wildman–Crippen MR) is 74.6 cm³/mol. The van der Waals surface area contributed by atoms with E-state index in [2.05, 4.69) is 15.8 Å². The number of methoxy groups -OCH3 is 1. The van der Waals surface area contributed by atoms with E-state index in [-0.39, 0.29) is 0 Å². The lowest BCUT2D eigenvalue weighted by molar-refractivity contribution is 0.414. The number of benzene rings is 1. The molecule has 0 aromatic heterocycles. The molecule has 0 heterocycles. The standard InChI is InChI=1S/C12H17N3OS/c1-9(14-15-12(17)13-2)8-10-4-6-11(16-3)7-5-10/h4-7H,8H2,1-3H3,(H2,13,15,17). The van der Waals surface area contributed by atoms with Crippen molar-refractivity contribution < 1.29 is 4.74 Å². The molecule has 0 aliphatic rings. The zero-order valence-electron chi connectivity index (χ0n) is 10.3. The highest BCUT2D eigenvalue weighted by Crippen LogP contribution is 2.11. The van der Waals surface area contributed by atoms with Gasteiger partial charge in [-0.25, -0.2) is 0 Å². The summed E-state index contributed by atoms with van der Waals surface area (Å²) in [7, 11) is 3.41. The van der Waals surface area contributed by atoms with E-state index in [0.717, 1.165) is 17.9 Å². The molecule has 0 aliphatic heterocycles. The summed E-state index contributed by atoms with van der Waals surface area (Å²) in [6.45, 7) is 1.95. The summed E-state index contributed by atoms with van der Waals surface area (Å²) in [5.41, 5.74) is 4.91. The van der Waals surface area contributed by atoms with E-state index in [1.54, 1.807) is 14.2 Å². The van der Waals surface area contributed by atoms with Crippen LogP contribution in [0.3, 0.4) is 0 Å². The van der Waals surface area contributed by atoms with Crippen LogP contribution >= 0.6 is 12.2 Å². The lowest BCUT2D eigenvalue weighted by Gasteiger charge is -2.05. The fourth-order valence-corrected chi connectivity index (χ4v) is 1.33. The van der Waals surface area contributed by atoms with Crippen molar-refractivity contribution >= 4 is 23.0 Å². The smallest absolute Gasteiger partial charge is 0.186 e. The number of rotatable bonds is 4. The Kier molecular flexibility index (Phi) is 5.42. The highest BCUT2D eigenvalue weighted by molar-refractivity contribution is 7.80. The quantitative estimate of drug-likeness (QED) is 0.486. The van der Waals surface area contributed by atoms with Gasteiger partial charge in [-0.3, -0.25) is 5.43 Å². The van der Waals surface area contributed by atoms with E-state index in [0.29, 0.717) is 5.11 Å². The minimum atomic E-state index is 0.513. The van der Waals surface area contributed by atoms with E-state index in [9.17, 15) is 0 Å². The summed E-state index contributed by atoms with van der Waals surface area (Å²) in [5, 5.41) is 7.47. The number of ether oxygens (including phenoxy) is 1. The van der Waals surface area contributed by atoms with Gasteiger partial charge in [0.1, 0.15) is 5.75 Å². The second-order valence-electron chi connectivity index (χ2n) is 3.56. The van der Waals surface area contributed by atoms with Crippen LogP contribution in [0.4, 0.5) is 0 Å².